The molecular formula is C10H11ClN2S. The average Bonchev–Trinajstić information content (AvgIpc) is 2.42. The van der Waals surface area contributed by atoms with Gasteiger partial charge in [-0.15, -0.1) is 11.3 Å². The van der Waals surface area contributed by atoms with Crippen LogP contribution in [0.4, 0.5) is 0 Å². The third-order valence-corrected chi connectivity index (χ3v) is 3.74. The van der Waals surface area contributed by atoms with Gasteiger partial charge in [-0.3, -0.25) is 0 Å². The fraction of sp³-hybridized carbons (Fsp3) is 0.400. The van der Waals surface area contributed by atoms with Crippen molar-refractivity contribution in [3.05, 3.63) is 21.9 Å². The van der Waals surface area contributed by atoms with Gasteiger partial charge in [0.1, 0.15) is 11.5 Å². The molecule has 0 aliphatic rings. The lowest BCUT2D eigenvalue weighted by Crippen LogP contribution is -1.89. The largest absolute Gasteiger partial charge is 0.235 e. The summed E-state index contributed by atoms with van der Waals surface area (Å²) >= 11 is 7.68. The molecule has 0 spiro atoms. The van der Waals surface area contributed by atoms with E-state index >= 15 is 0 Å². The first-order chi connectivity index (χ1) is 6.61. The summed E-state index contributed by atoms with van der Waals surface area (Å²) in [6.07, 6.45) is 1.53. The van der Waals surface area contributed by atoms with Crippen LogP contribution in [-0.2, 0) is 0 Å². The van der Waals surface area contributed by atoms with E-state index < -0.39 is 0 Å². The summed E-state index contributed by atoms with van der Waals surface area (Å²) in [6, 6.07) is 0. The standard InChI is InChI=1S/C10H11ClN2S/c1-5(2)7-6(3)14-9-8(7)12-4-13-10(9)11/h4-5H,1-3H3. The molecule has 2 aromatic heterocycles. The van der Waals surface area contributed by atoms with Gasteiger partial charge in [-0.2, -0.15) is 0 Å². The van der Waals surface area contributed by atoms with Crippen LogP contribution in [0.1, 0.15) is 30.2 Å². The van der Waals surface area contributed by atoms with Crippen LogP contribution in [0.5, 0.6) is 0 Å². The van der Waals surface area contributed by atoms with Crippen molar-refractivity contribution in [2.75, 3.05) is 0 Å². The highest BCUT2D eigenvalue weighted by Crippen LogP contribution is 2.36. The molecule has 0 aliphatic heterocycles. The summed E-state index contributed by atoms with van der Waals surface area (Å²) in [6.45, 7) is 6.45. The van der Waals surface area contributed by atoms with Gasteiger partial charge in [0.2, 0.25) is 0 Å². The Kier molecular flexibility index (Phi) is 2.45. The van der Waals surface area contributed by atoms with E-state index in [9.17, 15) is 0 Å². The lowest BCUT2D eigenvalue weighted by Gasteiger charge is -2.03. The van der Waals surface area contributed by atoms with Gasteiger partial charge < -0.3 is 0 Å². The van der Waals surface area contributed by atoms with Gasteiger partial charge in [-0.1, -0.05) is 25.4 Å². The monoisotopic (exact) mass is 226 g/mol. The summed E-state index contributed by atoms with van der Waals surface area (Å²) in [4.78, 5) is 9.57. The molecule has 14 heavy (non-hydrogen) atoms. The average molecular weight is 227 g/mol. The van der Waals surface area contributed by atoms with Crippen molar-refractivity contribution in [1.29, 1.82) is 0 Å². The second-order valence-corrected chi connectivity index (χ2v) is 5.15. The number of halogens is 1. The van der Waals surface area contributed by atoms with Crippen LogP contribution < -0.4 is 0 Å². The molecule has 0 bridgehead atoms. The zero-order valence-corrected chi connectivity index (χ0v) is 9.91. The summed E-state index contributed by atoms with van der Waals surface area (Å²) in [7, 11) is 0. The number of thiophene rings is 1. The van der Waals surface area contributed by atoms with Crippen LogP contribution in [0.3, 0.4) is 0 Å². The minimum Gasteiger partial charge on any atom is -0.235 e. The van der Waals surface area contributed by atoms with E-state index in [2.05, 4.69) is 30.7 Å². The Morgan fingerprint density at radius 2 is 2.07 bits per heavy atom. The Labute approximate surface area is 92.0 Å². The molecule has 0 aromatic carbocycles. The van der Waals surface area contributed by atoms with Gasteiger partial charge in [-0.05, 0) is 18.4 Å². The highest BCUT2D eigenvalue weighted by atomic mass is 35.5. The first kappa shape index (κ1) is 9.87. The molecular weight excluding hydrogens is 216 g/mol. The van der Waals surface area contributed by atoms with Gasteiger partial charge in [0.15, 0.2) is 0 Å². The Hall–Kier alpha value is -0.670. The fourth-order valence-corrected chi connectivity index (χ4v) is 3.08. The fourth-order valence-electron chi connectivity index (χ4n) is 1.69. The number of nitrogens with zero attached hydrogens (tertiary/aromatic N) is 2. The molecule has 0 saturated carbocycles. The molecule has 0 atom stereocenters. The van der Waals surface area contributed by atoms with Crippen molar-refractivity contribution < 1.29 is 0 Å². The van der Waals surface area contributed by atoms with Gasteiger partial charge in [0.25, 0.3) is 0 Å². The van der Waals surface area contributed by atoms with Gasteiger partial charge in [0, 0.05) is 4.88 Å². The number of rotatable bonds is 1. The Bertz CT molecular complexity index is 476. The second-order valence-electron chi connectivity index (χ2n) is 3.57. The van der Waals surface area contributed by atoms with Gasteiger partial charge in [0.05, 0.1) is 10.2 Å². The van der Waals surface area contributed by atoms with E-state index in [1.165, 1.54) is 16.8 Å². The topological polar surface area (TPSA) is 25.8 Å². The van der Waals surface area contributed by atoms with Crippen molar-refractivity contribution in [3.8, 4) is 0 Å². The van der Waals surface area contributed by atoms with E-state index in [0.29, 0.717) is 11.1 Å². The molecule has 0 radical (unpaired) electrons. The molecule has 0 amide bonds. The Morgan fingerprint density at radius 1 is 1.36 bits per heavy atom. The smallest absolute Gasteiger partial charge is 0.150 e. The molecule has 0 fully saturated rings. The molecule has 74 valence electrons. The first-order valence-electron chi connectivity index (χ1n) is 4.50. The molecule has 0 unspecified atom stereocenters. The molecule has 4 heteroatoms. The second kappa shape index (κ2) is 3.48. The van der Waals surface area contributed by atoms with Crippen molar-refractivity contribution in [3.63, 3.8) is 0 Å². The number of aryl methyl sites for hydroxylation is 1. The third kappa shape index (κ3) is 1.41. The molecule has 0 saturated heterocycles. The van der Waals surface area contributed by atoms with Crippen molar-refractivity contribution >= 4 is 33.2 Å². The number of hydrogen-bond acceptors (Lipinski definition) is 3. The minimum atomic E-state index is 0.481. The first-order valence-corrected chi connectivity index (χ1v) is 5.70. The third-order valence-electron chi connectivity index (χ3n) is 2.23. The van der Waals surface area contributed by atoms with Crippen LogP contribution >= 0.6 is 22.9 Å². The molecule has 0 aliphatic carbocycles. The predicted octanol–water partition coefficient (Wildman–Crippen LogP) is 3.78. The van der Waals surface area contributed by atoms with Gasteiger partial charge in [-0.25, -0.2) is 9.97 Å². The lowest BCUT2D eigenvalue weighted by atomic mass is 10.0. The maximum atomic E-state index is 6.01. The normalized spacial score (nSPS) is 11.5. The Morgan fingerprint density at radius 3 is 2.71 bits per heavy atom. The quantitative estimate of drug-likeness (QED) is 0.692. The van der Waals surface area contributed by atoms with E-state index in [-0.39, 0.29) is 0 Å². The van der Waals surface area contributed by atoms with Crippen LogP contribution in [0, 0.1) is 6.92 Å². The number of hydrogen-bond donors (Lipinski definition) is 0. The summed E-state index contributed by atoms with van der Waals surface area (Å²) < 4.78 is 1.01. The van der Waals surface area contributed by atoms with E-state index in [1.54, 1.807) is 11.3 Å². The number of fused-ring (bicyclic) bond motifs is 1. The van der Waals surface area contributed by atoms with Crippen molar-refractivity contribution in [2.24, 2.45) is 0 Å². The summed E-state index contributed by atoms with van der Waals surface area (Å²) in [5.74, 6) is 0.481. The highest BCUT2D eigenvalue weighted by Gasteiger charge is 2.15. The van der Waals surface area contributed by atoms with E-state index in [1.807, 2.05) is 0 Å². The number of aromatic nitrogens is 2. The minimum absolute atomic E-state index is 0.481. The van der Waals surface area contributed by atoms with Crippen LogP contribution in [0.25, 0.3) is 10.2 Å². The van der Waals surface area contributed by atoms with Crippen molar-refractivity contribution in [2.45, 2.75) is 26.7 Å². The summed E-state index contributed by atoms with van der Waals surface area (Å²) in [5, 5.41) is 0.565. The van der Waals surface area contributed by atoms with Crippen LogP contribution in [-0.4, -0.2) is 9.97 Å². The lowest BCUT2D eigenvalue weighted by molar-refractivity contribution is 0.869. The molecule has 2 rings (SSSR count). The maximum absolute atomic E-state index is 6.01. The van der Waals surface area contributed by atoms with Gasteiger partial charge >= 0.3 is 0 Å². The van der Waals surface area contributed by atoms with Crippen LogP contribution in [0.15, 0.2) is 6.33 Å². The summed E-state index contributed by atoms with van der Waals surface area (Å²) in [5.41, 5.74) is 2.32. The highest BCUT2D eigenvalue weighted by molar-refractivity contribution is 7.19. The zero-order valence-electron chi connectivity index (χ0n) is 8.34. The van der Waals surface area contributed by atoms with Crippen molar-refractivity contribution in [1.82, 2.24) is 9.97 Å². The zero-order chi connectivity index (χ0) is 10.3. The van der Waals surface area contributed by atoms with Crippen LogP contribution in [0.2, 0.25) is 5.15 Å². The molecule has 0 N–H and O–H groups in total. The SMILES string of the molecule is Cc1sc2c(Cl)ncnc2c1C(C)C. The maximum Gasteiger partial charge on any atom is 0.150 e. The molecule has 2 nitrogen and oxygen atoms in total. The predicted molar refractivity (Wildman–Crippen MR) is 61.3 cm³/mol. The molecule has 2 heterocycles. The van der Waals surface area contributed by atoms with E-state index in [4.69, 9.17) is 11.6 Å². The van der Waals surface area contributed by atoms with E-state index in [0.717, 1.165) is 10.2 Å². The molecule has 2 aromatic rings. The Balaban J connectivity index is 2.83.